The number of anilines is 1. The van der Waals surface area contributed by atoms with Gasteiger partial charge in [0, 0.05) is 5.69 Å². The van der Waals surface area contributed by atoms with Crippen LogP contribution >= 0.6 is 0 Å². The molecule has 0 heterocycles. The predicted octanol–water partition coefficient (Wildman–Crippen LogP) is 3.67. The Morgan fingerprint density at radius 1 is 1.03 bits per heavy atom. The highest BCUT2D eigenvalue weighted by Crippen LogP contribution is 2.25. The highest BCUT2D eigenvalue weighted by molar-refractivity contribution is 7.89. The Balaban J connectivity index is 1.92. The lowest BCUT2D eigenvalue weighted by molar-refractivity contribution is -0.117. The molecule has 2 N–H and O–H groups in total. The lowest BCUT2D eigenvalue weighted by Gasteiger charge is -2.20. The van der Waals surface area contributed by atoms with Gasteiger partial charge in [-0.1, -0.05) is 42.5 Å². The van der Waals surface area contributed by atoms with Crippen LogP contribution in [0.15, 0.2) is 77.7 Å². The number of carbonyl (C=O) groups is 1. The summed E-state index contributed by atoms with van der Waals surface area (Å²) in [5.41, 5.74) is 1.72. The van der Waals surface area contributed by atoms with E-state index >= 15 is 0 Å². The monoisotopic (exact) mass is 442 g/mol. The maximum atomic E-state index is 13.5. The molecule has 0 radical (unpaired) electrons. The van der Waals surface area contributed by atoms with Crippen LogP contribution in [0.4, 0.5) is 10.1 Å². The zero-order valence-electron chi connectivity index (χ0n) is 17.1. The van der Waals surface area contributed by atoms with E-state index in [1.165, 1.54) is 31.4 Å². The third-order valence-electron chi connectivity index (χ3n) is 4.60. The molecule has 0 fully saturated rings. The van der Waals surface area contributed by atoms with Gasteiger partial charge in [-0.05, 0) is 54.8 Å². The highest BCUT2D eigenvalue weighted by Gasteiger charge is 2.28. The van der Waals surface area contributed by atoms with Gasteiger partial charge >= 0.3 is 0 Å². The third kappa shape index (κ3) is 5.90. The number of carbonyl (C=O) groups excluding carboxylic acids is 1. The van der Waals surface area contributed by atoms with E-state index < -0.39 is 27.8 Å². The van der Waals surface area contributed by atoms with Gasteiger partial charge in [0.05, 0.1) is 7.11 Å². The molecule has 31 heavy (non-hydrogen) atoms. The van der Waals surface area contributed by atoms with Gasteiger partial charge in [-0.25, -0.2) is 12.8 Å². The number of aryl methyl sites for hydroxylation is 1. The molecule has 0 saturated heterocycles. The molecule has 0 unspecified atom stereocenters. The van der Waals surface area contributed by atoms with Gasteiger partial charge in [0.2, 0.25) is 15.9 Å². The summed E-state index contributed by atoms with van der Waals surface area (Å²) in [7, 11) is -2.72. The van der Waals surface area contributed by atoms with Gasteiger partial charge in [-0.15, -0.1) is 0 Å². The molecule has 3 rings (SSSR count). The fourth-order valence-corrected chi connectivity index (χ4v) is 4.53. The second-order valence-corrected chi connectivity index (χ2v) is 8.70. The van der Waals surface area contributed by atoms with Gasteiger partial charge in [0.15, 0.2) is 0 Å². The molecule has 0 aliphatic rings. The van der Waals surface area contributed by atoms with E-state index in [0.29, 0.717) is 0 Å². The first kappa shape index (κ1) is 22.5. The quantitative estimate of drug-likeness (QED) is 0.558. The summed E-state index contributed by atoms with van der Waals surface area (Å²) >= 11 is 0. The number of sulfonamides is 1. The number of rotatable bonds is 8. The number of halogens is 1. The van der Waals surface area contributed by atoms with E-state index in [0.717, 1.165) is 17.2 Å². The van der Waals surface area contributed by atoms with Crippen molar-refractivity contribution in [1.82, 2.24) is 4.72 Å². The first-order valence-electron chi connectivity index (χ1n) is 9.56. The van der Waals surface area contributed by atoms with Gasteiger partial charge in [-0.2, -0.15) is 4.72 Å². The van der Waals surface area contributed by atoms with Gasteiger partial charge in [-0.3, -0.25) is 4.79 Å². The molecule has 1 amide bonds. The molecule has 0 bridgehead atoms. The molecule has 162 valence electrons. The topological polar surface area (TPSA) is 84.5 Å². The fourth-order valence-electron chi connectivity index (χ4n) is 3.08. The molecule has 1 atom stereocenters. The zero-order chi connectivity index (χ0) is 22.4. The Morgan fingerprint density at radius 2 is 1.77 bits per heavy atom. The molecule has 0 aliphatic carbocycles. The van der Waals surface area contributed by atoms with Crippen molar-refractivity contribution in [1.29, 1.82) is 0 Å². The van der Waals surface area contributed by atoms with Crippen molar-refractivity contribution in [2.75, 3.05) is 12.4 Å². The van der Waals surface area contributed by atoms with Crippen molar-refractivity contribution in [3.05, 3.63) is 89.7 Å². The molecule has 8 heteroatoms. The molecule has 0 aliphatic heterocycles. The number of ether oxygens (including phenoxy) is 1. The summed E-state index contributed by atoms with van der Waals surface area (Å²) in [5, 5.41) is 2.58. The van der Waals surface area contributed by atoms with Crippen molar-refractivity contribution in [3.8, 4) is 5.75 Å². The normalized spacial score (nSPS) is 12.2. The Hall–Kier alpha value is -3.23. The fraction of sp³-hybridized carbons (Fsp3) is 0.174. The maximum absolute atomic E-state index is 13.5. The largest absolute Gasteiger partial charge is 0.495 e. The van der Waals surface area contributed by atoms with Crippen molar-refractivity contribution < 1.29 is 22.3 Å². The molecule has 3 aromatic rings. The van der Waals surface area contributed by atoms with E-state index in [1.54, 1.807) is 43.3 Å². The van der Waals surface area contributed by atoms with Crippen LogP contribution in [0.25, 0.3) is 0 Å². The van der Waals surface area contributed by atoms with Gasteiger partial charge < -0.3 is 10.1 Å². The molecular weight excluding hydrogens is 419 g/mol. The lowest BCUT2D eigenvalue weighted by atomic mass is 10.1. The Labute approximate surface area is 181 Å². The summed E-state index contributed by atoms with van der Waals surface area (Å²) in [6.45, 7) is 1.76. The zero-order valence-corrected chi connectivity index (χ0v) is 17.9. The first-order chi connectivity index (χ1) is 14.8. The van der Waals surface area contributed by atoms with Crippen LogP contribution in [0.5, 0.6) is 5.75 Å². The third-order valence-corrected chi connectivity index (χ3v) is 6.09. The van der Waals surface area contributed by atoms with Crippen LogP contribution < -0.4 is 14.8 Å². The number of methoxy groups -OCH3 is 1. The highest BCUT2D eigenvalue weighted by atomic mass is 32.2. The van der Waals surface area contributed by atoms with Crippen LogP contribution in [0, 0.1) is 12.7 Å². The van der Waals surface area contributed by atoms with Crippen LogP contribution in [0.1, 0.15) is 11.1 Å². The molecule has 0 saturated carbocycles. The van der Waals surface area contributed by atoms with Crippen molar-refractivity contribution in [2.24, 2.45) is 0 Å². The average molecular weight is 443 g/mol. The Morgan fingerprint density at radius 3 is 2.45 bits per heavy atom. The molecule has 0 spiro atoms. The Bertz CT molecular complexity index is 1170. The van der Waals surface area contributed by atoms with Crippen molar-refractivity contribution in [3.63, 3.8) is 0 Å². The second-order valence-electron chi connectivity index (χ2n) is 7.02. The second kappa shape index (κ2) is 9.72. The summed E-state index contributed by atoms with van der Waals surface area (Å²) in [4.78, 5) is 12.9. The number of hydrogen-bond acceptors (Lipinski definition) is 4. The van der Waals surface area contributed by atoms with Crippen molar-refractivity contribution in [2.45, 2.75) is 24.3 Å². The summed E-state index contributed by atoms with van der Waals surface area (Å²) < 4.78 is 47.5. The van der Waals surface area contributed by atoms with E-state index in [1.807, 2.05) is 6.07 Å². The van der Waals surface area contributed by atoms with Crippen LogP contribution in [0.2, 0.25) is 0 Å². The molecule has 6 nitrogen and oxygen atoms in total. The van der Waals surface area contributed by atoms with E-state index in [2.05, 4.69) is 10.0 Å². The van der Waals surface area contributed by atoms with Crippen molar-refractivity contribution >= 4 is 21.6 Å². The Kier molecular flexibility index (Phi) is 7.04. The van der Waals surface area contributed by atoms with Gasteiger partial charge in [0.1, 0.15) is 22.5 Å². The number of hydrogen-bond donors (Lipinski definition) is 2. The molecule has 3 aromatic carbocycles. The summed E-state index contributed by atoms with van der Waals surface area (Å²) in [5.74, 6) is -0.950. The minimum Gasteiger partial charge on any atom is -0.495 e. The maximum Gasteiger partial charge on any atom is 0.245 e. The summed E-state index contributed by atoms with van der Waals surface area (Å²) in [6.07, 6.45) is 0.106. The average Bonchev–Trinajstić information content (AvgIpc) is 2.74. The molecular formula is C23H23FN2O4S. The lowest BCUT2D eigenvalue weighted by Crippen LogP contribution is -2.45. The minimum absolute atomic E-state index is 0.0633. The minimum atomic E-state index is -4.10. The van der Waals surface area contributed by atoms with Gasteiger partial charge in [0.25, 0.3) is 0 Å². The predicted molar refractivity (Wildman–Crippen MR) is 117 cm³/mol. The number of amides is 1. The van der Waals surface area contributed by atoms with Crippen LogP contribution in [-0.4, -0.2) is 27.5 Å². The smallest absolute Gasteiger partial charge is 0.245 e. The van der Waals surface area contributed by atoms with E-state index in [-0.39, 0.29) is 22.8 Å². The standard InChI is InChI=1S/C23H23FN2O4S/c1-16-11-12-21(30-2)22(13-16)31(28,29)26-20(14-17-7-4-3-5-8-17)23(27)25-19-10-6-9-18(24)15-19/h3-13,15,20,26H,14H2,1-2H3,(H,25,27)/t20-/m1/s1. The molecule has 0 aromatic heterocycles. The number of nitrogens with one attached hydrogen (secondary N) is 2. The summed E-state index contributed by atoms with van der Waals surface area (Å²) in [6, 6.07) is 18.0. The van der Waals surface area contributed by atoms with E-state index in [9.17, 15) is 17.6 Å². The van der Waals surface area contributed by atoms with Crippen LogP contribution in [0.3, 0.4) is 0 Å². The first-order valence-corrected chi connectivity index (χ1v) is 11.0. The van der Waals surface area contributed by atoms with Crippen LogP contribution in [-0.2, 0) is 21.2 Å². The SMILES string of the molecule is COc1ccc(C)cc1S(=O)(=O)N[C@H](Cc1ccccc1)C(=O)Nc1cccc(F)c1. The number of benzene rings is 3. The van der Waals surface area contributed by atoms with E-state index in [4.69, 9.17) is 4.74 Å².